The molecule has 2 atom stereocenters. The van der Waals surface area contributed by atoms with Gasteiger partial charge < -0.3 is 24.5 Å². The number of carboxylic acids is 1. The molecule has 0 saturated heterocycles. The van der Waals surface area contributed by atoms with Crippen molar-refractivity contribution in [3.63, 3.8) is 0 Å². The molecule has 0 aliphatic carbocycles. The van der Waals surface area contributed by atoms with E-state index in [0.29, 0.717) is 16.7 Å². The van der Waals surface area contributed by atoms with E-state index in [1.54, 1.807) is 25.3 Å². The van der Waals surface area contributed by atoms with Gasteiger partial charge in [-0.1, -0.05) is 37.3 Å². The van der Waals surface area contributed by atoms with Crippen LogP contribution in [0.4, 0.5) is 17.6 Å². The second-order valence-electron chi connectivity index (χ2n) is 10.1. The summed E-state index contributed by atoms with van der Waals surface area (Å²) in [6.45, 7) is 0.569. The van der Waals surface area contributed by atoms with Crippen molar-refractivity contribution >= 4 is 34.5 Å². The Bertz CT molecular complexity index is 1780. The van der Waals surface area contributed by atoms with Gasteiger partial charge in [-0.3, -0.25) is 14.4 Å². The molecule has 9 nitrogen and oxygen atoms in total. The highest BCUT2D eigenvalue weighted by Crippen LogP contribution is 2.34. The van der Waals surface area contributed by atoms with Crippen LogP contribution < -0.4 is 10.1 Å². The number of Topliss-reactive ketones (excluding diaryl/α,β-unsaturated/α-hetero) is 1. The van der Waals surface area contributed by atoms with Crippen molar-refractivity contribution in [3.05, 3.63) is 89.2 Å². The van der Waals surface area contributed by atoms with E-state index in [0.717, 1.165) is 16.5 Å². The Kier molecular flexibility index (Phi) is 8.39. The summed E-state index contributed by atoms with van der Waals surface area (Å²) >= 11 is 0. The van der Waals surface area contributed by atoms with Crippen molar-refractivity contribution in [2.45, 2.75) is 38.4 Å². The number of furan rings is 1. The SMILES string of the molecule is CCC(C(=O)N[C@@H](CC(=O)COc1c(F)c(F)cc(F)c1F)C(=O)O)N1Cc2ccc(-c3coc4ccccc34)cc2C1=O. The Hall–Kier alpha value is -5.20. The van der Waals surface area contributed by atoms with Gasteiger partial charge in [0.2, 0.25) is 17.5 Å². The number of carbonyl (C=O) groups is 4. The van der Waals surface area contributed by atoms with Crippen molar-refractivity contribution in [1.29, 1.82) is 0 Å². The van der Waals surface area contributed by atoms with Gasteiger partial charge in [-0.2, -0.15) is 8.78 Å². The maximum atomic E-state index is 13.8. The lowest BCUT2D eigenvalue weighted by Crippen LogP contribution is -2.52. The minimum atomic E-state index is -1.87. The number of ketones is 1. The monoisotopic (exact) mass is 612 g/mol. The lowest BCUT2D eigenvalue weighted by Gasteiger charge is -2.27. The first kappa shape index (κ1) is 30.3. The molecule has 13 heteroatoms. The molecule has 2 amide bonds. The number of benzene rings is 3. The summed E-state index contributed by atoms with van der Waals surface area (Å²) in [7, 11) is 0. The normalized spacial score (nSPS) is 13.9. The average Bonchev–Trinajstić information content (AvgIpc) is 3.57. The largest absolute Gasteiger partial charge is 0.480 e. The highest BCUT2D eigenvalue weighted by atomic mass is 19.2. The number of fused-ring (bicyclic) bond motifs is 2. The molecule has 0 spiro atoms. The lowest BCUT2D eigenvalue weighted by molar-refractivity contribution is -0.144. The molecule has 228 valence electrons. The van der Waals surface area contributed by atoms with Gasteiger partial charge in [0.05, 0.1) is 6.26 Å². The Morgan fingerprint density at radius 1 is 1.02 bits per heavy atom. The first-order valence-electron chi connectivity index (χ1n) is 13.4. The van der Waals surface area contributed by atoms with Gasteiger partial charge in [0.25, 0.3) is 5.91 Å². The van der Waals surface area contributed by atoms with Crippen molar-refractivity contribution in [2.24, 2.45) is 0 Å². The summed E-state index contributed by atoms with van der Waals surface area (Å²) in [6, 6.07) is 9.78. The van der Waals surface area contributed by atoms with Crippen LogP contribution in [0, 0.1) is 23.3 Å². The number of ether oxygens (including phenoxy) is 1. The fourth-order valence-electron chi connectivity index (χ4n) is 5.08. The van der Waals surface area contributed by atoms with Crippen LogP contribution in [0.5, 0.6) is 5.75 Å². The van der Waals surface area contributed by atoms with Crippen LogP contribution in [-0.2, 0) is 20.9 Å². The Labute approximate surface area is 247 Å². The third-order valence-corrected chi connectivity index (χ3v) is 7.29. The van der Waals surface area contributed by atoms with Gasteiger partial charge in [-0.15, -0.1) is 0 Å². The molecule has 1 aliphatic heterocycles. The number of carbonyl (C=O) groups excluding carboxylic acids is 3. The number of aliphatic carboxylic acids is 1. The molecular formula is C31H24F4N2O7. The van der Waals surface area contributed by atoms with E-state index in [-0.39, 0.29) is 19.0 Å². The molecule has 0 saturated carbocycles. The fraction of sp³-hybridized carbons (Fsp3) is 0.226. The van der Waals surface area contributed by atoms with Crippen LogP contribution in [0.1, 0.15) is 35.7 Å². The number of hydrogen-bond donors (Lipinski definition) is 2. The van der Waals surface area contributed by atoms with Crippen LogP contribution >= 0.6 is 0 Å². The van der Waals surface area contributed by atoms with Gasteiger partial charge in [0, 0.05) is 35.5 Å². The average molecular weight is 613 g/mol. The highest BCUT2D eigenvalue weighted by molar-refractivity contribution is 6.03. The van der Waals surface area contributed by atoms with E-state index in [2.05, 4.69) is 10.1 Å². The molecule has 0 radical (unpaired) electrons. The number of nitrogens with zero attached hydrogens (tertiary/aromatic N) is 1. The summed E-state index contributed by atoms with van der Waals surface area (Å²) in [6.07, 6.45) is 0.820. The fourth-order valence-corrected chi connectivity index (χ4v) is 5.08. The number of amides is 2. The number of carboxylic acid groups (broad SMARTS) is 1. The second-order valence-corrected chi connectivity index (χ2v) is 10.1. The molecule has 5 rings (SSSR count). The summed E-state index contributed by atoms with van der Waals surface area (Å²) in [5.74, 6) is -12.7. The van der Waals surface area contributed by atoms with Crippen LogP contribution in [0.15, 0.2) is 59.2 Å². The van der Waals surface area contributed by atoms with Crippen LogP contribution in [-0.4, -0.2) is 52.3 Å². The van der Waals surface area contributed by atoms with Crippen molar-refractivity contribution in [3.8, 4) is 16.9 Å². The summed E-state index contributed by atoms with van der Waals surface area (Å²) in [4.78, 5) is 52.1. The maximum absolute atomic E-state index is 13.8. The number of hydrogen-bond acceptors (Lipinski definition) is 6. The molecule has 1 aliphatic rings. The molecule has 2 heterocycles. The first-order valence-corrected chi connectivity index (χ1v) is 13.4. The number of nitrogens with one attached hydrogen (secondary N) is 1. The van der Waals surface area contributed by atoms with E-state index in [4.69, 9.17) is 4.42 Å². The summed E-state index contributed by atoms with van der Waals surface area (Å²) in [5.41, 5.74) is 3.22. The number of para-hydroxylation sites is 1. The zero-order valence-electron chi connectivity index (χ0n) is 23.0. The molecule has 0 fully saturated rings. The highest BCUT2D eigenvalue weighted by Gasteiger charge is 2.37. The topological polar surface area (TPSA) is 126 Å². The van der Waals surface area contributed by atoms with E-state index < -0.39 is 77.7 Å². The van der Waals surface area contributed by atoms with E-state index in [1.165, 1.54) is 4.90 Å². The molecule has 44 heavy (non-hydrogen) atoms. The minimum Gasteiger partial charge on any atom is -0.480 e. The van der Waals surface area contributed by atoms with Crippen LogP contribution in [0.25, 0.3) is 22.1 Å². The molecule has 1 unspecified atom stereocenters. The van der Waals surface area contributed by atoms with Crippen molar-refractivity contribution < 1.29 is 51.0 Å². The van der Waals surface area contributed by atoms with Gasteiger partial charge in [0.15, 0.2) is 23.2 Å². The zero-order valence-corrected chi connectivity index (χ0v) is 23.0. The maximum Gasteiger partial charge on any atom is 0.326 e. The predicted octanol–water partition coefficient (Wildman–Crippen LogP) is 5.00. The molecule has 0 bridgehead atoms. The van der Waals surface area contributed by atoms with E-state index >= 15 is 0 Å². The minimum absolute atomic E-state index is 0.0384. The molecular weight excluding hydrogens is 588 g/mol. The number of halogens is 4. The third-order valence-electron chi connectivity index (χ3n) is 7.29. The predicted molar refractivity (Wildman–Crippen MR) is 147 cm³/mol. The smallest absolute Gasteiger partial charge is 0.326 e. The molecule has 3 aromatic carbocycles. The number of rotatable bonds is 11. The molecule has 4 aromatic rings. The first-order chi connectivity index (χ1) is 21.0. The van der Waals surface area contributed by atoms with Gasteiger partial charge in [0.1, 0.15) is 24.3 Å². The van der Waals surface area contributed by atoms with Crippen molar-refractivity contribution in [2.75, 3.05) is 6.61 Å². The quantitative estimate of drug-likeness (QED) is 0.180. The van der Waals surface area contributed by atoms with Crippen LogP contribution in [0.3, 0.4) is 0 Å². The Morgan fingerprint density at radius 3 is 2.41 bits per heavy atom. The third kappa shape index (κ3) is 5.72. The molecule has 2 N–H and O–H groups in total. The van der Waals surface area contributed by atoms with E-state index in [1.807, 2.05) is 30.3 Å². The van der Waals surface area contributed by atoms with E-state index in [9.17, 15) is 41.8 Å². The van der Waals surface area contributed by atoms with Crippen molar-refractivity contribution in [1.82, 2.24) is 10.2 Å². The second kappa shape index (κ2) is 12.2. The Balaban J connectivity index is 1.26. The summed E-state index contributed by atoms with van der Waals surface area (Å²) < 4.78 is 64.6. The van der Waals surface area contributed by atoms with Gasteiger partial charge in [-0.05, 0) is 29.7 Å². The van der Waals surface area contributed by atoms with Gasteiger partial charge in [-0.25, -0.2) is 13.6 Å². The Morgan fingerprint density at radius 2 is 1.73 bits per heavy atom. The lowest BCUT2D eigenvalue weighted by atomic mass is 10.00. The van der Waals surface area contributed by atoms with Crippen LogP contribution in [0.2, 0.25) is 0 Å². The summed E-state index contributed by atoms with van der Waals surface area (Å²) in [5, 5.41) is 12.7. The molecule has 1 aromatic heterocycles. The standard InChI is InChI=1S/C31H24F4N2O7/c1-2-24(29(39)36-23(31(41)42)10-17(38)13-44-28-26(34)21(32)11-22(33)27(28)35)37-12-16-8-7-15(9-19(16)30(37)40)20-14-43-25-6-4-3-5-18(20)25/h3-9,11,14,23-24H,2,10,12-13H2,1H3,(H,36,39)(H,41,42)/t23-,24?/m0/s1. The zero-order chi connectivity index (χ0) is 31.7. The van der Waals surface area contributed by atoms with Gasteiger partial charge >= 0.3 is 5.97 Å².